The minimum absolute atomic E-state index is 0.120. The van der Waals surface area contributed by atoms with Crippen molar-refractivity contribution < 1.29 is 4.79 Å². The number of nitriles is 1. The first-order chi connectivity index (χ1) is 7.02. The third kappa shape index (κ3) is 3.88. The lowest BCUT2D eigenvalue weighted by molar-refractivity contribution is -0.119. The van der Waals surface area contributed by atoms with Crippen molar-refractivity contribution in [2.45, 2.75) is 52.0 Å². The molecule has 0 rings (SSSR count). The topological polar surface area (TPSA) is 92.9 Å². The van der Waals surface area contributed by atoms with E-state index in [0.29, 0.717) is 6.42 Å². The van der Waals surface area contributed by atoms with Gasteiger partial charge in [0.25, 0.3) is 0 Å². The Morgan fingerprint density at radius 2 is 2.00 bits per heavy atom. The summed E-state index contributed by atoms with van der Waals surface area (Å²) in [6, 6.07) is 1.89. The number of primary amides is 1. The molecule has 4 N–H and O–H groups in total. The number of nitrogens with two attached hydrogens (primary N) is 2. The van der Waals surface area contributed by atoms with Crippen molar-refractivity contribution in [3.05, 3.63) is 0 Å². The van der Waals surface area contributed by atoms with Gasteiger partial charge in [0.2, 0.25) is 5.91 Å². The molecule has 0 radical (unpaired) electrons. The Balaban J connectivity index is 4.60. The minimum atomic E-state index is -0.370. The first kappa shape index (κ1) is 13.9. The van der Waals surface area contributed by atoms with Gasteiger partial charge in [-0.3, -0.25) is 4.79 Å². The Morgan fingerprint density at radius 3 is 2.33 bits per heavy atom. The van der Waals surface area contributed by atoms with E-state index in [1.54, 1.807) is 0 Å². The standard InChI is InChI=1S/C11H21N3O/c1-3-11(4-2,6-5-7-12)9(13)8-10(14)15/h9H,3-6,8,13H2,1-2H3,(H2,14,15). The highest BCUT2D eigenvalue weighted by molar-refractivity contribution is 5.74. The fourth-order valence-electron chi connectivity index (χ4n) is 2.05. The summed E-state index contributed by atoms with van der Waals surface area (Å²) >= 11 is 0. The van der Waals surface area contributed by atoms with Crippen molar-refractivity contribution in [2.24, 2.45) is 16.9 Å². The van der Waals surface area contributed by atoms with Crippen molar-refractivity contribution in [2.75, 3.05) is 0 Å². The van der Waals surface area contributed by atoms with Crippen LogP contribution in [0.4, 0.5) is 0 Å². The molecule has 0 saturated carbocycles. The zero-order valence-corrected chi connectivity index (χ0v) is 9.62. The van der Waals surface area contributed by atoms with E-state index in [2.05, 4.69) is 6.07 Å². The molecule has 0 aromatic heterocycles. The Morgan fingerprint density at radius 1 is 1.47 bits per heavy atom. The molecule has 0 aliphatic rings. The van der Waals surface area contributed by atoms with Gasteiger partial charge in [0.1, 0.15) is 0 Å². The van der Waals surface area contributed by atoms with E-state index < -0.39 is 0 Å². The van der Waals surface area contributed by atoms with Crippen molar-refractivity contribution in [1.82, 2.24) is 0 Å². The van der Waals surface area contributed by atoms with E-state index >= 15 is 0 Å². The fourth-order valence-corrected chi connectivity index (χ4v) is 2.05. The number of carbonyl (C=O) groups excluding carboxylic acids is 1. The van der Waals surface area contributed by atoms with Crippen LogP contribution in [0.15, 0.2) is 0 Å². The second kappa shape index (κ2) is 6.41. The highest BCUT2D eigenvalue weighted by atomic mass is 16.1. The monoisotopic (exact) mass is 211 g/mol. The lowest BCUT2D eigenvalue weighted by atomic mass is 9.71. The highest BCUT2D eigenvalue weighted by Gasteiger charge is 2.33. The van der Waals surface area contributed by atoms with Crippen molar-refractivity contribution in [3.8, 4) is 6.07 Å². The number of amides is 1. The van der Waals surface area contributed by atoms with Gasteiger partial charge in [-0.15, -0.1) is 0 Å². The van der Waals surface area contributed by atoms with Crippen LogP contribution in [-0.4, -0.2) is 11.9 Å². The molecule has 0 fully saturated rings. The Bertz CT molecular complexity index is 241. The van der Waals surface area contributed by atoms with Gasteiger partial charge < -0.3 is 11.5 Å². The highest BCUT2D eigenvalue weighted by Crippen LogP contribution is 2.36. The lowest BCUT2D eigenvalue weighted by Gasteiger charge is -2.36. The summed E-state index contributed by atoms with van der Waals surface area (Å²) in [4.78, 5) is 10.8. The third-order valence-corrected chi connectivity index (χ3v) is 3.35. The van der Waals surface area contributed by atoms with Gasteiger partial charge in [-0.2, -0.15) is 5.26 Å². The largest absolute Gasteiger partial charge is 0.370 e. The van der Waals surface area contributed by atoms with Crippen LogP contribution < -0.4 is 11.5 Å². The van der Waals surface area contributed by atoms with Crippen LogP contribution in [0.25, 0.3) is 0 Å². The number of nitrogens with zero attached hydrogens (tertiary/aromatic N) is 1. The lowest BCUT2D eigenvalue weighted by Crippen LogP contribution is -2.43. The molecule has 15 heavy (non-hydrogen) atoms. The summed E-state index contributed by atoms with van der Waals surface area (Å²) in [7, 11) is 0. The van der Waals surface area contributed by atoms with Crippen LogP contribution in [0.1, 0.15) is 46.0 Å². The molecule has 0 aromatic rings. The molecule has 0 aliphatic carbocycles. The molecule has 86 valence electrons. The quantitative estimate of drug-likeness (QED) is 0.664. The summed E-state index contributed by atoms with van der Waals surface area (Å²) in [5.74, 6) is -0.370. The van der Waals surface area contributed by atoms with Crippen LogP contribution in [0.2, 0.25) is 0 Å². The van der Waals surface area contributed by atoms with Gasteiger partial charge in [0.15, 0.2) is 0 Å². The number of hydrogen-bond acceptors (Lipinski definition) is 3. The summed E-state index contributed by atoms with van der Waals surface area (Å²) in [6.07, 6.45) is 3.17. The van der Waals surface area contributed by atoms with E-state index in [-0.39, 0.29) is 23.8 Å². The second-order valence-corrected chi connectivity index (χ2v) is 4.00. The average molecular weight is 211 g/mol. The SMILES string of the molecule is CCC(CC)(CCC#N)C(N)CC(N)=O. The van der Waals surface area contributed by atoms with Crippen LogP contribution in [-0.2, 0) is 4.79 Å². The van der Waals surface area contributed by atoms with Crippen LogP contribution in [0, 0.1) is 16.7 Å². The van der Waals surface area contributed by atoms with Crippen molar-refractivity contribution >= 4 is 5.91 Å². The molecule has 0 saturated heterocycles. The fraction of sp³-hybridized carbons (Fsp3) is 0.818. The summed E-state index contributed by atoms with van der Waals surface area (Å²) in [5, 5.41) is 8.60. The maximum atomic E-state index is 10.8. The first-order valence-electron chi connectivity index (χ1n) is 5.43. The zero-order chi connectivity index (χ0) is 11.9. The van der Waals surface area contributed by atoms with E-state index in [4.69, 9.17) is 16.7 Å². The van der Waals surface area contributed by atoms with Crippen molar-refractivity contribution in [3.63, 3.8) is 0 Å². The van der Waals surface area contributed by atoms with Gasteiger partial charge in [-0.1, -0.05) is 13.8 Å². The molecule has 1 amide bonds. The van der Waals surface area contributed by atoms with E-state index in [0.717, 1.165) is 19.3 Å². The summed E-state index contributed by atoms with van der Waals surface area (Å²) < 4.78 is 0. The Kier molecular flexibility index (Phi) is 5.95. The van der Waals surface area contributed by atoms with Gasteiger partial charge >= 0.3 is 0 Å². The molecular weight excluding hydrogens is 190 g/mol. The van der Waals surface area contributed by atoms with Crippen molar-refractivity contribution in [1.29, 1.82) is 5.26 Å². The van der Waals surface area contributed by atoms with Gasteiger partial charge in [-0.25, -0.2) is 0 Å². The molecule has 0 aromatic carbocycles. The Labute approximate surface area is 91.6 Å². The predicted molar refractivity (Wildman–Crippen MR) is 59.6 cm³/mol. The van der Waals surface area contributed by atoms with Crippen LogP contribution in [0.3, 0.4) is 0 Å². The number of hydrogen-bond donors (Lipinski definition) is 2. The van der Waals surface area contributed by atoms with Gasteiger partial charge in [0, 0.05) is 18.9 Å². The molecule has 4 nitrogen and oxygen atoms in total. The first-order valence-corrected chi connectivity index (χ1v) is 5.43. The maximum absolute atomic E-state index is 10.8. The normalized spacial score (nSPS) is 13.2. The molecular formula is C11H21N3O. The average Bonchev–Trinajstić information content (AvgIpc) is 2.19. The molecule has 0 aliphatic heterocycles. The summed E-state index contributed by atoms with van der Waals surface area (Å²) in [5.41, 5.74) is 11.0. The third-order valence-electron chi connectivity index (χ3n) is 3.35. The number of carbonyl (C=O) groups is 1. The number of rotatable bonds is 7. The minimum Gasteiger partial charge on any atom is -0.370 e. The zero-order valence-electron chi connectivity index (χ0n) is 9.62. The maximum Gasteiger partial charge on any atom is 0.218 e. The van der Waals surface area contributed by atoms with Crippen LogP contribution >= 0.6 is 0 Å². The van der Waals surface area contributed by atoms with E-state index in [1.807, 2.05) is 13.8 Å². The smallest absolute Gasteiger partial charge is 0.218 e. The van der Waals surface area contributed by atoms with Crippen LogP contribution in [0.5, 0.6) is 0 Å². The van der Waals surface area contributed by atoms with Gasteiger partial charge in [0.05, 0.1) is 6.07 Å². The molecule has 0 bridgehead atoms. The summed E-state index contributed by atoms with van der Waals surface area (Å²) in [6.45, 7) is 4.09. The predicted octanol–water partition coefficient (Wildman–Crippen LogP) is 1.30. The molecule has 0 heterocycles. The molecule has 1 unspecified atom stereocenters. The Hall–Kier alpha value is -1.08. The van der Waals surface area contributed by atoms with Gasteiger partial charge in [-0.05, 0) is 24.7 Å². The molecule has 4 heteroatoms. The van der Waals surface area contributed by atoms with E-state index in [1.165, 1.54) is 0 Å². The second-order valence-electron chi connectivity index (χ2n) is 4.00. The molecule has 0 spiro atoms. The molecule has 1 atom stereocenters. The van der Waals surface area contributed by atoms with E-state index in [9.17, 15) is 4.79 Å².